The van der Waals surface area contributed by atoms with Crippen LogP contribution >= 0.6 is 0 Å². The topological polar surface area (TPSA) is 142 Å². The van der Waals surface area contributed by atoms with Crippen LogP contribution in [0.4, 0.5) is 4.79 Å². The molecule has 44 heavy (non-hydrogen) atoms. The third-order valence-electron chi connectivity index (χ3n) is 7.89. The number of hydrogen-bond acceptors (Lipinski definition) is 8. The molecule has 0 radical (unpaired) electrons. The lowest BCUT2D eigenvalue weighted by molar-refractivity contribution is -0.138. The van der Waals surface area contributed by atoms with Gasteiger partial charge in [-0.1, -0.05) is 43.7 Å². The predicted molar refractivity (Wildman–Crippen MR) is 163 cm³/mol. The summed E-state index contributed by atoms with van der Waals surface area (Å²) in [5.74, 6) is -1.57. The molecule has 0 aliphatic carbocycles. The Morgan fingerprint density at radius 1 is 1.00 bits per heavy atom. The normalized spacial score (nSPS) is 16.7. The molecule has 2 aliphatic rings. The number of pyridine rings is 1. The van der Waals surface area contributed by atoms with E-state index < -0.39 is 29.9 Å². The number of nitrogens with zero attached hydrogens (tertiary/aromatic N) is 4. The molecule has 238 valence electrons. The predicted octanol–water partition coefficient (Wildman–Crippen LogP) is 3.27. The summed E-state index contributed by atoms with van der Waals surface area (Å²) in [5.41, 5.74) is 1.43. The Labute approximate surface area is 258 Å². The molecule has 2 fully saturated rings. The number of piperidine rings is 1. The Bertz CT molecular complexity index is 1280. The van der Waals surface area contributed by atoms with E-state index in [0.717, 1.165) is 44.3 Å². The minimum atomic E-state index is -1.08. The number of nitrogens with one attached hydrogen (secondary N) is 1. The van der Waals surface area contributed by atoms with Crippen LogP contribution in [0.5, 0.6) is 5.75 Å². The fraction of sp³-hybridized carbons (Fsp3) is 0.531. The Kier molecular flexibility index (Phi) is 11.9. The number of carbonyl (C=O) groups is 4. The minimum absolute atomic E-state index is 0.000575. The number of unbranched alkanes of at least 4 members (excludes halogenated alkanes) is 1. The van der Waals surface area contributed by atoms with Gasteiger partial charge in [0.05, 0.1) is 12.3 Å². The van der Waals surface area contributed by atoms with Crippen LogP contribution in [0.2, 0.25) is 0 Å². The summed E-state index contributed by atoms with van der Waals surface area (Å²) >= 11 is 0. The minimum Gasteiger partial charge on any atom is -0.490 e. The summed E-state index contributed by atoms with van der Waals surface area (Å²) in [5, 5.41) is 12.1. The van der Waals surface area contributed by atoms with Gasteiger partial charge >= 0.3 is 12.1 Å². The summed E-state index contributed by atoms with van der Waals surface area (Å²) in [6.07, 6.45) is 2.61. The van der Waals surface area contributed by atoms with Gasteiger partial charge < -0.3 is 34.6 Å². The number of aliphatic carboxylic acids is 1. The van der Waals surface area contributed by atoms with E-state index in [4.69, 9.17) is 9.47 Å². The Morgan fingerprint density at radius 3 is 2.34 bits per heavy atom. The standard InChI is InChI=1S/C32H43N5O7/c1-3-4-20-43-32(42)37-18-16-36(17-19-37)31(41)26(10-11-29(38)39)34-30(40)28-22-25(44-24-12-14-35(2)15-13-24)21-27(33-28)23-8-6-5-7-9-23/h5-9,21-22,24,26H,3-4,10-20H2,1-2H3,(H,34,40)(H,38,39)/t26-/m0/s1. The number of ether oxygens (including phenoxy) is 2. The lowest BCUT2D eigenvalue weighted by Crippen LogP contribution is -2.56. The zero-order chi connectivity index (χ0) is 31.5. The summed E-state index contributed by atoms with van der Waals surface area (Å²) in [7, 11) is 2.07. The molecule has 2 aromatic rings. The van der Waals surface area contributed by atoms with Gasteiger partial charge in [0.15, 0.2) is 0 Å². The van der Waals surface area contributed by atoms with Gasteiger partial charge in [0.2, 0.25) is 5.91 Å². The van der Waals surface area contributed by atoms with Crippen LogP contribution < -0.4 is 10.1 Å². The molecule has 3 amide bonds. The quantitative estimate of drug-likeness (QED) is 0.347. The number of aromatic nitrogens is 1. The average Bonchev–Trinajstić information content (AvgIpc) is 3.04. The number of piperazine rings is 1. The maximum absolute atomic E-state index is 13.6. The van der Waals surface area contributed by atoms with E-state index in [1.54, 1.807) is 15.9 Å². The molecule has 4 rings (SSSR count). The lowest BCUT2D eigenvalue weighted by atomic mass is 10.1. The average molecular weight is 610 g/mol. The molecule has 3 heterocycles. The summed E-state index contributed by atoms with van der Waals surface area (Å²) in [4.78, 5) is 60.8. The maximum Gasteiger partial charge on any atom is 0.409 e. The first-order chi connectivity index (χ1) is 21.2. The second-order valence-corrected chi connectivity index (χ2v) is 11.3. The maximum atomic E-state index is 13.6. The van der Waals surface area contributed by atoms with Crippen molar-refractivity contribution in [3.8, 4) is 17.0 Å². The Hall–Kier alpha value is -4.19. The van der Waals surface area contributed by atoms with Gasteiger partial charge in [0.1, 0.15) is 23.6 Å². The number of hydrogen-bond donors (Lipinski definition) is 2. The molecule has 0 saturated carbocycles. The van der Waals surface area contributed by atoms with E-state index in [2.05, 4.69) is 22.2 Å². The van der Waals surface area contributed by atoms with Crippen molar-refractivity contribution in [2.45, 2.75) is 57.6 Å². The third kappa shape index (κ3) is 9.40. The summed E-state index contributed by atoms with van der Waals surface area (Å²) in [6.45, 7) is 5.25. The van der Waals surface area contributed by atoms with Crippen LogP contribution in [-0.2, 0) is 14.3 Å². The summed E-state index contributed by atoms with van der Waals surface area (Å²) < 4.78 is 11.6. The molecule has 12 nitrogen and oxygen atoms in total. The van der Waals surface area contributed by atoms with Crippen molar-refractivity contribution in [2.24, 2.45) is 0 Å². The van der Waals surface area contributed by atoms with Crippen molar-refractivity contribution in [1.82, 2.24) is 25.0 Å². The monoisotopic (exact) mass is 609 g/mol. The van der Waals surface area contributed by atoms with Crippen molar-refractivity contribution in [2.75, 3.05) is 52.9 Å². The van der Waals surface area contributed by atoms with E-state index in [9.17, 15) is 24.3 Å². The van der Waals surface area contributed by atoms with Crippen LogP contribution in [-0.4, -0.2) is 114 Å². The van der Waals surface area contributed by atoms with Crippen molar-refractivity contribution in [3.05, 3.63) is 48.2 Å². The van der Waals surface area contributed by atoms with Crippen LogP contribution in [0.3, 0.4) is 0 Å². The number of benzene rings is 1. The smallest absolute Gasteiger partial charge is 0.409 e. The second-order valence-electron chi connectivity index (χ2n) is 11.3. The first-order valence-electron chi connectivity index (χ1n) is 15.4. The highest BCUT2D eigenvalue weighted by Gasteiger charge is 2.31. The molecule has 1 atom stereocenters. The number of carboxylic acid groups (broad SMARTS) is 1. The van der Waals surface area contributed by atoms with Gasteiger partial charge in [-0.3, -0.25) is 14.4 Å². The fourth-order valence-corrected chi connectivity index (χ4v) is 5.22. The number of carboxylic acids is 1. The van der Waals surface area contributed by atoms with E-state index in [0.29, 0.717) is 18.1 Å². The van der Waals surface area contributed by atoms with Gasteiger partial charge in [-0.05, 0) is 32.7 Å². The number of likely N-dealkylation sites (tertiary alicyclic amines) is 1. The molecule has 1 aromatic heterocycles. The molecule has 2 saturated heterocycles. The SMILES string of the molecule is CCCCOC(=O)N1CCN(C(=O)[C@H](CCC(=O)O)NC(=O)c2cc(OC3CCN(C)CC3)cc(-c3ccccc3)n2)CC1. The number of carbonyl (C=O) groups excluding carboxylic acids is 3. The number of amides is 3. The number of rotatable bonds is 12. The zero-order valence-electron chi connectivity index (χ0n) is 25.6. The van der Waals surface area contributed by atoms with E-state index in [1.165, 1.54) is 0 Å². The second kappa shape index (κ2) is 16.0. The zero-order valence-corrected chi connectivity index (χ0v) is 25.6. The first-order valence-corrected chi connectivity index (χ1v) is 15.4. The lowest BCUT2D eigenvalue weighted by Gasteiger charge is -2.36. The van der Waals surface area contributed by atoms with Crippen LogP contribution in [0.15, 0.2) is 42.5 Å². The van der Waals surface area contributed by atoms with Gasteiger partial charge in [-0.15, -0.1) is 0 Å². The van der Waals surface area contributed by atoms with Crippen molar-refractivity contribution >= 4 is 23.9 Å². The molecule has 0 unspecified atom stereocenters. The highest BCUT2D eigenvalue weighted by Crippen LogP contribution is 2.26. The van der Waals surface area contributed by atoms with Gasteiger partial charge in [-0.2, -0.15) is 0 Å². The molecule has 1 aromatic carbocycles. The van der Waals surface area contributed by atoms with Crippen molar-refractivity contribution < 1.29 is 33.8 Å². The van der Waals surface area contributed by atoms with Crippen LogP contribution in [0.1, 0.15) is 55.9 Å². The van der Waals surface area contributed by atoms with Gasteiger partial charge in [0.25, 0.3) is 5.91 Å². The molecule has 2 aliphatic heterocycles. The molecule has 12 heteroatoms. The highest BCUT2D eigenvalue weighted by atomic mass is 16.6. The van der Waals surface area contributed by atoms with E-state index in [-0.39, 0.29) is 50.8 Å². The highest BCUT2D eigenvalue weighted by molar-refractivity contribution is 5.97. The van der Waals surface area contributed by atoms with E-state index >= 15 is 0 Å². The molecule has 0 bridgehead atoms. The molecule has 2 N–H and O–H groups in total. The van der Waals surface area contributed by atoms with Crippen molar-refractivity contribution in [3.63, 3.8) is 0 Å². The van der Waals surface area contributed by atoms with Crippen LogP contribution in [0, 0.1) is 0 Å². The molecular weight excluding hydrogens is 566 g/mol. The van der Waals surface area contributed by atoms with E-state index in [1.807, 2.05) is 43.3 Å². The molecule has 0 spiro atoms. The third-order valence-corrected chi connectivity index (χ3v) is 7.89. The summed E-state index contributed by atoms with van der Waals surface area (Å²) in [6, 6.07) is 11.7. The van der Waals surface area contributed by atoms with Gasteiger partial charge in [0, 0.05) is 63.4 Å². The fourth-order valence-electron chi connectivity index (χ4n) is 5.22. The Morgan fingerprint density at radius 2 is 1.68 bits per heavy atom. The first kappa shape index (κ1) is 32.7. The van der Waals surface area contributed by atoms with Crippen molar-refractivity contribution in [1.29, 1.82) is 0 Å². The molecular formula is C32H43N5O7. The Balaban J connectivity index is 1.48. The van der Waals surface area contributed by atoms with Crippen LogP contribution in [0.25, 0.3) is 11.3 Å². The largest absolute Gasteiger partial charge is 0.490 e. The van der Waals surface area contributed by atoms with Gasteiger partial charge in [-0.25, -0.2) is 9.78 Å².